The first-order valence-corrected chi connectivity index (χ1v) is 6.81. The Morgan fingerprint density at radius 3 is 2.95 bits per heavy atom. The summed E-state index contributed by atoms with van der Waals surface area (Å²) >= 11 is 0. The minimum Gasteiger partial charge on any atom is -0.384 e. The number of pyridine rings is 1. The summed E-state index contributed by atoms with van der Waals surface area (Å²) in [7, 11) is 0. The molecule has 1 aromatic rings. The lowest BCUT2D eigenvalue weighted by atomic mass is 10.1. The van der Waals surface area contributed by atoms with E-state index in [9.17, 15) is 10.1 Å². The molecular formula is C13H20N4O2. The summed E-state index contributed by atoms with van der Waals surface area (Å²) in [5.74, 6) is 0.762. The molecule has 1 unspecified atom stereocenters. The van der Waals surface area contributed by atoms with Gasteiger partial charge in [-0.25, -0.2) is 4.98 Å². The maximum Gasteiger partial charge on any atom is 0.311 e. The zero-order valence-corrected chi connectivity index (χ0v) is 11.2. The van der Waals surface area contributed by atoms with Crippen molar-refractivity contribution in [3.05, 3.63) is 22.2 Å². The Balaban J connectivity index is 2.42. The molecule has 1 aliphatic rings. The molecule has 0 aliphatic carbocycles. The predicted octanol–water partition coefficient (Wildman–Crippen LogP) is 2.73. The summed E-state index contributed by atoms with van der Waals surface area (Å²) in [6, 6.07) is 3.26. The zero-order valence-electron chi connectivity index (χ0n) is 11.2. The van der Waals surface area contributed by atoms with Crippen LogP contribution in [-0.4, -0.2) is 22.5 Å². The van der Waals surface area contributed by atoms with Gasteiger partial charge >= 0.3 is 5.69 Å². The van der Waals surface area contributed by atoms with Gasteiger partial charge in [-0.1, -0.05) is 19.8 Å². The number of rotatable bonds is 3. The lowest BCUT2D eigenvalue weighted by molar-refractivity contribution is -0.384. The van der Waals surface area contributed by atoms with Crippen molar-refractivity contribution in [3.63, 3.8) is 0 Å². The molecule has 104 valence electrons. The van der Waals surface area contributed by atoms with Gasteiger partial charge in [0, 0.05) is 18.7 Å². The third-order valence-electron chi connectivity index (χ3n) is 3.69. The van der Waals surface area contributed by atoms with Crippen molar-refractivity contribution in [3.8, 4) is 0 Å². The third-order valence-corrected chi connectivity index (χ3v) is 3.69. The minimum absolute atomic E-state index is 0.0505. The van der Waals surface area contributed by atoms with E-state index in [0.717, 1.165) is 25.8 Å². The summed E-state index contributed by atoms with van der Waals surface area (Å²) < 4.78 is 0. The van der Waals surface area contributed by atoms with Crippen molar-refractivity contribution in [1.29, 1.82) is 0 Å². The topological polar surface area (TPSA) is 85.3 Å². The molecule has 1 saturated heterocycles. The van der Waals surface area contributed by atoms with Crippen LogP contribution in [0.1, 0.15) is 39.0 Å². The highest BCUT2D eigenvalue weighted by molar-refractivity contribution is 5.61. The lowest BCUT2D eigenvalue weighted by Gasteiger charge is -2.30. The van der Waals surface area contributed by atoms with E-state index < -0.39 is 0 Å². The Bertz CT molecular complexity index is 464. The van der Waals surface area contributed by atoms with Gasteiger partial charge < -0.3 is 10.6 Å². The quantitative estimate of drug-likeness (QED) is 0.670. The van der Waals surface area contributed by atoms with E-state index in [4.69, 9.17) is 5.73 Å². The Hall–Kier alpha value is -1.85. The van der Waals surface area contributed by atoms with Crippen LogP contribution >= 0.6 is 0 Å². The van der Waals surface area contributed by atoms with Crippen LogP contribution in [0.4, 0.5) is 17.3 Å². The summed E-state index contributed by atoms with van der Waals surface area (Å²) in [4.78, 5) is 17.1. The number of hydrogen-bond donors (Lipinski definition) is 1. The molecule has 2 rings (SSSR count). The number of anilines is 2. The van der Waals surface area contributed by atoms with E-state index in [1.165, 1.54) is 25.0 Å². The van der Waals surface area contributed by atoms with E-state index in [-0.39, 0.29) is 10.6 Å². The van der Waals surface area contributed by atoms with Crippen LogP contribution in [0.5, 0.6) is 0 Å². The average molecular weight is 264 g/mol. The molecule has 19 heavy (non-hydrogen) atoms. The van der Waals surface area contributed by atoms with Gasteiger partial charge in [-0.15, -0.1) is 0 Å². The molecule has 0 amide bonds. The average Bonchev–Trinajstić information content (AvgIpc) is 2.63. The highest BCUT2D eigenvalue weighted by atomic mass is 16.6. The van der Waals surface area contributed by atoms with Crippen molar-refractivity contribution in [1.82, 2.24) is 4.98 Å². The first-order chi connectivity index (χ1) is 9.13. The van der Waals surface area contributed by atoms with E-state index in [1.54, 1.807) is 0 Å². The number of nitro groups is 1. The van der Waals surface area contributed by atoms with Gasteiger partial charge in [0.15, 0.2) is 0 Å². The van der Waals surface area contributed by atoms with Crippen molar-refractivity contribution < 1.29 is 4.92 Å². The maximum atomic E-state index is 11.2. The Morgan fingerprint density at radius 1 is 1.47 bits per heavy atom. The van der Waals surface area contributed by atoms with Crippen LogP contribution in [0, 0.1) is 10.1 Å². The minimum atomic E-state index is -0.376. The largest absolute Gasteiger partial charge is 0.384 e. The zero-order chi connectivity index (χ0) is 13.8. The smallest absolute Gasteiger partial charge is 0.311 e. The van der Waals surface area contributed by atoms with Crippen molar-refractivity contribution in [2.75, 3.05) is 17.2 Å². The summed E-state index contributed by atoms with van der Waals surface area (Å²) in [5, 5.41) is 11.2. The molecule has 0 bridgehead atoms. The molecule has 1 aromatic heterocycles. The van der Waals surface area contributed by atoms with E-state index in [1.807, 2.05) is 0 Å². The molecule has 6 heteroatoms. The van der Waals surface area contributed by atoms with Gasteiger partial charge in [-0.3, -0.25) is 10.1 Å². The molecular weight excluding hydrogens is 244 g/mol. The predicted molar refractivity (Wildman–Crippen MR) is 75.2 cm³/mol. The molecule has 2 N–H and O–H groups in total. The molecule has 1 aliphatic heterocycles. The number of aromatic nitrogens is 1. The van der Waals surface area contributed by atoms with Crippen LogP contribution in [-0.2, 0) is 0 Å². The Kier molecular flexibility index (Phi) is 4.19. The third kappa shape index (κ3) is 2.94. The van der Waals surface area contributed by atoms with E-state index >= 15 is 0 Å². The number of nitrogens with zero attached hydrogens (tertiary/aromatic N) is 3. The molecule has 6 nitrogen and oxygen atoms in total. The van der Waals surface area contributed by atoms with Crippen LogP contribution in [0.15, 0.2) is 12.1 Å². The van der Waals surface area contributed by atoms with Gasteiger partial charge in [0.05, 0.1) is 4.92 Å². The van der Waals surface area contributed by atoms with Gasteiger partial charge in [0.2, 0.25) is 5.82 Å². The van der Waals surface area contributed by atoms with Crippen molar-refractivity contribution in [2.24, 2.45) is 0 Å². The van der Waals surface area contributed by atoms with Crippen LogP contribution in [0.25, 0.3) is 0 Å². The highest BCUT2D eigenvalue weighted by Crippen LogP contribution is 2.32. The molecule has 0 spiro atoms. The lowest BCUT2D eigenvalue weighted by Crippen LogP contribution is -2.35. The fourth-order valence-corrected chi connectivity index (χ4v) is 2.69. The van der Waals surface area contributed by atoms with Gasteiger partial charge in [0.25, 0.3) is 0 Å². The summed E-state index contributed by atoms with van der Waals surface area (Å²) in [6.45, 7) is 2.93. The van der Waals surface area contributed by atoms with Crippen LogP contribution in [0.3, 0.4) is 0 Å². The molecule has 0 radical (unpaired) electrons. The molecule has 1 fully saturated rings. The fourth-order valence-electron chi connectivity index (χ4n) is 2.69. The van der Waals surface area contributed by atoms with Gasteiger partial charge in [0.1, 0.15) is 5.82 Å². The molecule has 0 saturated carbocycles. The summed E-state index contributed by atoms with van der Waals surface area (Å²) in [5.41, 5.74) is 5.75. The number of nitrogens with two attached hydrogens (primary N) is 1. The molecule has 1 atom stereocenters. The van der Waals surface area contributed by atoms with Crippen molar-refractivity contribution >= 4 is 17.3 Å². The normalized spacial score (nSPS) is 20.1. The maximum absolute atomic E-state index is 11.2. The molecule has 0 aromatic carbocycles. The summed E-state index contributed by atoms with van der Waals surface area (Å²) in [6.07, 6.45) is 5.41. The van der Waals surface area contributed by atoms with Crippen LogP contribution < -0.4 is 10.6 Å². The monoisotopic (exact) mass is 264 g/mol. The number of nitrogen functional groups attached to an aromatic ring is 1. The fraction of sp³-hybridized carbons (Fsp3) is 0.615. The second-order valence-corrected chi connectivity index (χ2v) is 4.94. The van der Waals surface area contributed by atoms with Gasteiger partial charge in [-0.2, -0.15) is 0 Å². The van der Waals surface area contributed by atoms with Crippen molar-refractivity contribution in [2.45, 2.75) is 45.1 Å². The van der Waals surface area contributed by atoms with E-state index in [2.05, 4.69) is 16.8 Å². The Labute approximate surface area is 112 Å². The number of hydrogen-bond acceptors (Lipinski definition) is 5. The highest BCUT2D eigenvalue weighted by Gasteiger charge is 2.27. The second-order valence-electron chi connectivity index (χ2n) is 4.94. The SMILES string of the molecule is CCC1CCCCCN1c1nc(N)ccc1[N+](=O)[O-]. The van der Waals surface area contributed by atoms with E-state index in [0.29, 0.717) is 17.7 Å². The van der Waals surface area contributed by atoms with Gasteiger partial charge in [-0.05, 0) is 25.3 Å². The molecule has 2 heterocycles. The Morgan fingerprint density at radius 2 is 2.26 bits per heavy atom. The first kappa shape index (κ1) is 13.6. The second kappa shape index (κ2) is 5.86. The first-order valence-electron chi connectivity index (χ1n) is 6.81. The standard InChI is InChI=1S/C13H20N4O2/c1-2-10-6-4-3-5-9-16(10)13-11(17(18)19)7-8-12(14)15-13/h7-8,10H,2-6,9H2,1H3,(H2,14,15). The van der Waals surface area contributed by atoms with Crippen LogP contribution in [0.2, 0.25) is 0 Å².